The van der Waals surface area contributed by atoms with Crippen molar-refractivity contribution in [2.75, 3.05) is 13.6 Å². The van der Waals surface area contributed by atoms with Crippen molar-refractivity contribution in [2.45, 2.75) is 50.9 Å². The topological polar surface area (TPSA) is 61.4 Å². The quantitative estimate of drug-likeness (QED) is 0.378. The van der Waals surface area contributed by atoms with Gasteiger partial charge in [0.1, 0.15) is 0 Å². The van der Waals surface area contributed by atoms with E-state index in [1.54, 1.807) is 0 Å². The summed E-state index contributed by atoms with van der Waals surface area (Å²) in [4.78, 5) is 7.73. The summed E-state index contributed by atoms with van der Waals surface area (Å²) in [5, 5.41) is 8.28. The Labute approximate surface area is 166 Å². The Bertz CT molecular complexity index is 757. The number of aromatic amines is 1. The molecule has 0 saturated carbocycles. The van der Waals surface area contributed by atoms with Gasteiger partial charge in [-0.15, -0.1) is 24.0 Å². The van der Waals surface area contributed by atoms with Crippen LogP contribution in [0.2, 0.25) is 0 Å². The molecular weight excluding hydrogens is 427 g/mol. The molecule has 136 valence electrons. The molecule has 3 unspecified atom stereocenters. The molecule has 2 saturated heterocycles. The summed E-state index contributed by atoms with van der Waals surface area (Å²) >= 11 is 0. The van der Waals surface area contributed by atoms with E-state index in [0.717, 1.165) is 25.3 Å². The van der Waals surface area contributed by atoms with Gasteiger partial charge in [-0.1, -0.05) is 12.1 Å². The van der Waals surface area contributed by atoms with Gasteiger partial charge in [0.05, 0.1) is 18.2 Å². The van der Waals surface area contributed by atoms with Gasteiger partial charge < -0.3 is 20.4 Å². The molecule has 3 atom stereocenters. The van der Waals surface area contributed by atoms with Gasteiger partial charge in [0.15, 0.2) is 5.96 Å². The zero-order valence-electron chi connectivity index (χ0n) is 14.8. The second-order valence-corrected chi connectivity index (χ2v) is 6.97. The average molecular weight is 454 g/mol. The van der Waals surface area contributed by atoms with Gasteiger partial charge >= 0.3 is 0 Å². The normalized spacial score (nSPS) is 25.2. The van der Waals surface area contributed by atoms with E-state index in [9.17, 15) is 0 Å². The first-order chi connectivity index (χ1) is 11.7. The predicted octanol–water partition coefficient (Wildman–Crippen LogP) is 3.12. The van der Waals surface area contributed by atoms with E-state index in [0.29, 0.717) is 18.2 Å². The molecule has 2 bridgehead atoms. The number of aliphatic imine (C=N–C) groups is 1. The summed E-state index contributed by atoms with van der Waals surface area (Å²) in [7, 11) is 1.83. The Balaban J connectivity index is 0.00000182. The lowest BCUT2D eigenvalue weighted by Gasteiger charge is -2.22. The molecule has 4 rings (SSSR count). The van der Waals surface area contributed by atoms with Crippen LogP contribution in [0, 0.1) is 6.92 Å². The number of nitrogens with zero attached hydrogens (tertiary/aromatic N) is 1. The van der Waals surface area contributed by atoms with Gasteiger partial charge in [0, 0.05) is 30.7 Å². The number of halogens is 1. The number of ether oxygens (including phenoxy) is 1. The summed E-state index contributed by atoms with van der Waals surface area (Å²) in [5.74, 6) is 0.881. The van der Waals surface area contributed by atoms with Crippen molar-refractivity contribution in [3.8, 4) is 0 Å². The maximum atomic E-state index is 5.90. The minimum atomic E-state index is 0. The summed E-state index contributed by atoms with van der Waals surface area (Å²) < 4.78 is 5.90. The van der Waals surface area contributed by atoms with Gasteiger partial charge in [0.2, 0.25) is 0 Å². The monoisotopic (exact) mass is 454 g/mol. The third-order valence-corrected chi connectivity index (χ3v) is 5.26. The van der Waals surface area contributed by atoms with E-state index in [4.69, 9.17) is 4.74 Å². The van der Waals surface area contributed by atoms with E-state index in [1.165, 1.54) is 34.9 Å². The number of H-pyrrole nitrogens is 1. The first-order valence-corrected chi connectivity index (χ1v) is 8.92. The number of nitrogens with one attached hydrogen (secondary N) is 3. The third-order valence-electron chi connectivity index (χ3n) is 5.26. The molecule has 3 N–H and O–H groups in total. The zero-order valence-corrected chi connectivity index (χ0v) is 17.2. The fourth-order valence-electron chi connectivity index (χ4n) is 3.98. The number of rotatable bonds is 4. The average Bonchev–Trinajstić information content (AvgIpc) is 3.29. The first-order valence-electron chi connectivity index (χ1n) is 8.92. The van der Waals surface area contributed by atoms with Crippen LogP contribution in [-0.2, 0) is 11.2 Å². The molecule has 25 heavy (non-hydrogen) atoms. The highest BCUT2D eigenvalue weighted by molar-refractivity contribution is 14.0. The van der Waals surface area contributed by atoms with E-state index >= 15 is 0 Å². The molecule has 6 heteroatoms. The van der Waals surface area contributed by atoms with Crippen molar-refractivity contribution in [2.24, 2.45) is 4.99 Å². The Morgan fingerprint density at radius 1 is 1.36 bits per heavy atom. The number of guanidine groups is 1. The standard InChI is InChI=1S/C19H26N4O.HI/c1-12-3-5-15-13(11-22-16(15)9-12)7-8-21-19(20-2)23-17-10-14-4-6-18(17)24-14;/h3,5,9,11,14,17-18,22H,4,6-8,10H2,1-2H3,(H2,20,21,23);1H. The molecule has 2 aromatic rings. The lowest BCUT2D eigenvalue weighted by atomic mass is 9.96. The number of hydrogen-bond donors (Lipinski definition) is 3. The van der Waals surface area contributed by atoms with Crippen LogP contribution >= 0.6 is 24.0 Å². The van der Waals surface area contributed by atoms with Crippen molar-refractivity contribution in [1.82, 2.24) is 15.6 Å². The van der Waals surface area contributed by atoms with E-state index < -0.39 is 0 Å². The van der Waals surface area contributed by atoms with Gasteiger partial charge in [-0.05, 0) is 49.8 Å². The molecule has 0 radical (unpaired) electrons. The number of hydrogen-bond acceptors (Lipinski definition) is 2. The second kappa shape index (κ2) is 7.95. The van der Waals surface area contributed by atoms with Crippen molar-refractivity contribution < 1.29 is 4.74 Å². The Hall–Kier alpha value is -1.28. The summed E-state index contributed by atoms with van der Waals surface area (Å²) in [6.07, 6.45) is 7.41. The molecule has 2 fully saturated rings. The van der Waals surface area contributed by atoms with Gasteiger partial charge in [0.25, 0.3) is 0 Å². The predicted molar refractivity (Wildman–Crippen MR) is 113 cm³/mol. The molecule has 1 aromatic carbocycles. The number of aromatic nitrogens is 1. The lowest BCUT2D eigenvalue weighted by molar-refractivity contribution is 0.0992. The summed E-state index contributed by atoms with van der Waals surface area (Å²) in [6.45, 7) is 2.98. The smallest absolute Gasteiger partial charge is 0.191 e. The van der Waals surface area contributed by atoms with Gasteiger partial charge in [-0.2, -0.15) is 0 Å². The molecular formula is C19H27IN4O. The van der Waals surface area contributed by atoms with Crippen LogP contribution in [0.3, 0.4) is 0 Å². The maximum absolute atomic E-state index is 5.90. The maximum Gasteiger partial charge on any atom is 0.191 e. The fraction of sp³-hybridized carbons (Fsp3) is 0.526. The van der Waals surface area contributed by atoms with E-state index in [-0.39, 0.29) is 24.0 Å². The zero-order chi connectivity index (χ0) is 16.5. The molecule has 5 nitrogen and oxygen atoms in total. The minimum absolute atomic E-state index is 0. The third kappa shape index (κ3) is 3.95. The summed E-state index contributed by atoms with van der Waals surface area (Å²) in [6, 6.07) is 6.98. The minimum Gasteiger partial charge on any atom is -0.373 e. The van der Waals surface area contributed by atoms with E-state index in [2.05, 4.69) is 51.9 Å². The van der Waals surface area contributed by atoms with Crippen LogP contribution in [-0.4, -0.2) is 42.8 Å². The molecule has 0 spiro atoms. The van der Waals surface area contributed by atoms with Crippen LogP contribution in [0.25, 0.3) is 10.9 Å². The molecule has 0 aliphatic carbocycles. The summed E-state index contributed by atoms with van der Waals surface area (Å²) in [5.41, 5.74) is 3.84. The highest BCUT2D eigenvalue weighted by Crippen LogP contribution is 2.34. The number of aryl methyl sites for hydroxylation is 1. The van der Waals surface area contributed by atoms with Crippen LogP contribution in [0.15, 0.2) is 29.4 Å². The molecule has 2 aliphatic heterocycles. The molecule has 0 amide bonds. The van der Waals surface area contributed by atoms with E-state index in [1.807, 2.05) is 7.05 Å². The van der Waals surface area contributed by atoms with Crippen LogP contribution in [0.1, 0.15) is 30.4 Å². The Morgan fingerprint density at radius 3 is 2.96 bits per heavy atom. The molecule has 1 aromatic heterocycles. The first kappa shape index (κ1) is 18.5. The van der Waals surface area contributed by atoms with Gasteiger partial charge in [-0.3, -0.25) is 4.99 Å². The van der Waals surface area contributed by atoms with Gasteiger partial charge in [-0.25, -0.2) is 0 Å². The second-order valence-electron chi connectivity index (χ2n) is 6.97. The number of benzene rings is 1. The van der Waals surface area contributed by atoms with Crippen molar-refractivity contribution in [3.63, 3.8) is 0 Å². The fourth-order valence-corrected chi connectivity index (χ4v) is 3.98. The Morgan fingerprint density at radius 2 is 2.24 bits per heavy atom. The number of fused-ring (bicyclic) bond motifs is 3. The SMILES string of the molecule is CN=C(NCCc1c[nH]c2cc(C)ccc12)NC1CC2CCC1O2.I. The highest BCUT2D eigenvalue weighted by atomic mass is 127. The van der Waals surface area contributed by atoms with Crippen molar-refractivity contribution in [1.29, 1.82) is 0 Å². The van der Waals surface area contributed by atoms with Crippen LogP contribution in [0.4, 0.5) is 0 Å². The lowest BCUT2D eigenvalue weighted by Crippen LogP contribution is -2.47. The highest BCUT2D eigenvalue weighted by Gasteiger charge is 2.41. The molecule has 3 heterocycles. The van der Waals surface area contributed by atoms with Crippen LogP contribution in [0.5, 0.6) is 0 Å². The largest absolute Gasteiger partial charge is 0.373 e. The van der Waals surface area contributed by atoms with Crippen molar-refractivity contribution in [3.05, 3.63) is 35.5 Å². The van der Waals surface area contributed by atoms with Crippen LogP contribution < -0.4 is 10.6 Å². The van der Waals surface area contributed by atoms with Crippen molar-refractivity contribution >= 4 is 40.8 Å². The molecule has 2 aliphatic rings. The Kier molecular flexibility index (Phi) is 5.89.